The summed E-state index contributed by atoms with van der Waals surface area (Å²) in [7, 11) is 0. The molecule has 0 radical (unpaired) electrons. The molecular weight excluding hydrogens is 252 g/mol. The second-order valence-corrected chi connectivity index (χ2v) is 4.36. The fraction of sp³-hybridized carbons (Fsp3) is 0.500. The highest BCUT2D eigenvalue weighted by Crippen LogP contribution is 2.26. The van der Waals surface area contributed by atoms with Gasteiger partial charge in [-0.25, -0.2) is 4.79 Å². The number of hydrogen-bond donors (Lipinski definition) is 2. The maximum Gasteiger partial charge on any atom is 0.333 e. The molecular formula is C12H16N2O5. The zero-order valence-corrected chi connectivity index (χ0v) is 10.3. The summed E-state index contributed by atoms with van der Waals surface area (Å²) in [6.45, 7) is 3.28. The first-order valence-electron chi connectivity index (χ1n) is 5.95. The van der Waals surface area contributed by atoms with Gasteiger partial charge in [0.1, 0.15) is 12.3 Å². The second-order valence-electron chi connectivity index (χ2n) is 4.36. The maximum absolute atomic E-state index is 12.1. The number of ether oxygens (including phenoxy) is 1. The lowest BCUT2D eigenvalue weighted by Crippen LogP contribution is -2.40. The summed E-state index contributed by atoms with van der Waals surface area (Å²) < 4.78 is 7.65. The summed E-state index contributed by atoms with van der Waals surface area (Å²) in [5.41, 5.74) is -0.943. The molecule has 0 unspecified atom stereocenters. The van der Waals surface area contributed by atoms with Gasteiger partial charge in [0.25, 0.3) is 5.56 Å². The molecule has 3 atom stereocenters. The van der Waals surface area contributed by atoms with Crippen LogP contribution < -0.4 is 11.2 Å². The summed E-state index contributed by atoms with van der Waals surface area (Å²) in [5.74, 6) is 0. The number of aromatic nitrogens is 2. The molecule has 7 nitrogen and oxygen atoms in total. The van der Waals surface area contributed by atoms with E-state index >= 15 is 0 Å². The Bertz CT molecular complexity index is 576. The Labute approximate surface area is 109 Å². The summed E-state index contributed by atoms with van der Waals surface area (Å²) in [6, 6.07) is 1.26. The number of rotatable bonds is 4. The summed E-state index contributed by atoms with van der Waals surface area (Å²) in [4.78, 5) is 23.7. The van der Waals surface area contributed by atoms with Crippen LogP contribution in [0.15, 0.2) is 34.5 Å². The van der Waals surface area contributed by atoms with Crippen LogP contribution in [0.3, 0.4) is 0 Å². The number of hydrogen-bond acceptors (Lipinski definition) is 5. The van der Waals surface area contributed by atoms with E-state index in [0.29, 0.717) is 0 Å². The Hall–Kier alpha value is -1.70. The van der Waals surface area contributed by atoms with Gasteiger partial charge in [-0.15, -0.1) is 6.58 Å². The Morgan fingerprint density at radius 1 is 1.53 bits per heavy atom. The van der Waals surface area contributed by atoms with Gasteiger partial charge in [-0.3, -0.25) is 13.9 Å². The van der Waals surface area contributed by atoms with Crippen molar-refractivity contribution in [3.05, 3.63) is 45.8 Å². The van der Waals surface area contributed by atoms with Crippen LogP contribution in [-0.4, -0.2) is 38.2 Å². The van der Waals surface area contributed by atoms with Crippen molar-refractivity contribution >= 4 is 0 Å². The molecule has 1 fully saturated rings. The minimum Gasteiger partial charge on any atom is -0.394 e. The van der Waals surface area contributed by atoms with Crippen LogP contribution in [0.2, 0.25) is 0 Å². The van der Waals surface area contributed by atoms with Gasteiger partial charge < -0.3 is 14.9 Å². The lowest BCUT2D eigenvalue weighted by Gasteiger charge is -2.15. The Morgan fingerprint density at radius 3 is 2.84 bits per heavy atom. The first-order valence-corrected chi connectivity index (χ1v) is 5.95. The van der Waals surface area contributed by atoms with Gasteiger partial charge in [-0.1, -0.05) is 6.08 Å². The molecule has 104 valence electrons. The molecule has 0 bridgehead atoms. The molecule has 0 aliphatic carbocycles. The minimum absolute atomic E-state index is 0.108. The largest absolute Gasteiger partial charge is 0.394 e. The van der Waals surface area contributed by atoms with Gasteiger partial charge >= 0.3 is 5.69 Å². The monoisotopic (exact) mass is 268 g/mol. The van der Waals surface area contributed by atoms with Gasteiger partial charge in [0.2, 0.25) is 0 Å². The first-order chi connectivity index (χ1) is 9.08. The van der Waals surface area contributed by atoms with Crippen molar-refractivity contribution in [2.45, 2.75) is 31.4 Å². The Kier molecular flexibility index (Phi) is 3.98. The van der Waals surface area contributed by atoms with Gasteiger partial charge in [0.15, 0.2) is 0 Å². The van der Waals surface area contributed by atoms with Crippen LogP contribution in [0.4, 0.5) is 0 Å². The second kappa shape index (κ2) is 5.52. The van der Waals surface area contributed by atoms with E-state index in [9.17, 15) is 14.7 Å². The number of nitrogens with zero attached hydrogens (tertiary/aromatic N) is 2. The van der Waals surface area contributed by atoms with Crippen LogP contribution in [0.25, 0.3) is 0 Å². The molecule has 2 heterocycles. The van der Waals surface area contributed by atoms with Crippen LogP contribution >= 0.6 is 0 Å². The van der Waals surface area contributed by atoms with Crippen molar-refractivity contribution in [1.29, 1.82) is 0 Å². The molecule has 1 aromatic heterocycles. The molecule has 1 aromatic rings. The molecule has 2 N–H and O–H groups in total. The van der Waals surface area contributed by atoms with Crippen molar-refractivity contribution < 1.29 is 14.9 Å². The average molecular weight is 268 g/mol. The van der Waals surface area contributed by atoms with Gasteiger partial charge in [-0.2, -0.15) is 0 Å². The van der Waals surface area contributed by atoms with Crippen LogP contribution in [0.5, 0.6) is 0 Å². The van der Waals surface area contributed by atoms with E-state index in [1.54, 1.807) is 0 Å². The average Bonchev–Trinajstić information content (AvgIpc) is 2.75. The highest BCUT2D eigenvalue weighted by molar-refractivity contribution is 4.92. The van der Waals surface area contributed by atoms with Gasteiger partial charge in [0, 0.05) is 25.2 Å². The highest BCUT2D eigenvalue weighted by atomic mass is 16.5. The first kappa shape index (κ1) is 13.7. The standard InChI is InChI=1S/C12H16N2O5/c1-2-4-13-10(17)3-5-14(12(13)18)11-6-8(16)9(7-15)19-11/h2-3,5,8-9,11,15-16H,1,4,6-7H2/t8-,9+,11+/m0/s1. The van der Waals surface area contributed by atoms with Gasteiger partial charge in [-0.05, 0) is 0 Å². The van der Waals surface area contributed by atoms with Crippen LogP contribution in [0.1, 0.15) is 12.6 Å². The topological polar surface area (TPSA) is 93.7 Å². The normalized spacial score (nSPS) is 26.5. The SMILES string of the molecule is C=CCn1c(=O)ccn([C@H]2C[C@H](O)[C@@H](CO)O2)c1=O. The van der Waals surface area contributed by atoms with Gasteiger partial charge in [0.05, 0.1) is 12.7 Å². The van der Waals surface area contributed by atoms with Crippen molar-refractivity contribution in [2.24, 2.45) is 0 Å². The number of allylic oxidation sites excluding steroid dienone is 1. The molecule has 0 aromatic carbocycles. The lowest BCUT2D eigenvalue weighted by molar-refractivity contribution is -0.0462. The summed E-state index contributed by atoms with van der Waals surface area (Å²) in [5, 5.41) is 18.7. The van der Waals surface area contributed by atoms with Crippen LogP contribution in [-0.2, 0) is 11.3 Å². The third-order valence-corrected chi connectivity index (χ3v) is 3.10. The summed E-state index contributed by atoms with van der Waals surface area (Å²) in [6.07, 6.45) is 0.752. The molecule has 1 aliphatic rings. The van der Waals surface area contributed by atoms with E-state index in [2.05, 4.69) is 6.58 Å². The fourth-order valence-electron chi connectivity index (χ4n) is 2.10. The maximum atomic E-state index is 12.1. The molecule has 1 saturated heterocycles. The molecule has 2 rings (SSSR count). The van der Waals surface area contributed by atoms with Crippen molar-refractivity contribution in [1.82, 2.24) is 9.13 Å². The van der Waals surface area contributed by atoms with E-state index in [4.69, 9.17) is 9.84 Å². The lowest BCUT2D eigenvalue weighted by atomic mass is 10.2. The molecule has 0 spiro atoms. The minimum atomic E-state index is -0.832. The van der Waals surface area contributed by atoms with E-state index in [1.807, 2.05) is 0 Å². The highest BCUT2D eigenvalue weighted by Gasteiger charge is 2.35. The van der Waals surface area contributed by atoms with E-state index in [0.717, 1.165) is 4.57 Å². The third kappa shape index (κ3) is 2.53. The molecule has 0 saturated carbocycles. The number of aliphatic hydroxyl groups is 2. The number of aliphatic hydroxyl groups excluding tert-OH is 2. The molecule has 7 heteroatoms. The zero-order valence-electron chi connectivity index (χ0n) is 10.3. The van der Waals surface area contributed by atoms with E-state index < -0.39 is 29.7 Å². The molecule has 1 aliphatic heterocycles. The van der Waals surface area contributed by atoms with Crippen molar-refractivity contribution in [3.63, 3.8) is 0 Å². The smallest absolute Gasteiger partial charge is 0.333 e. The summed E-state index contributed by atoms with van der Waals surface area (Å²) >= 11 is 0. The third-order valence-electron chi connectivity index (χ3n) is 3.10. The molecule has 19 heavy (non-hydrogen) atoms. The Morgan fingerprint density at radius 2 is 2.26 bits per heavy atom. The van der Waals surface area contributed by atoms with E-state index in [1.165, 1.54) is 22.9 Å². The Balaban J connectivity index is 2.37. The predicted molar refractivity (Wildman–Crippen MR) is 66.8 cm³/mol. The fourth-order valence-corrected chi connectivity index (χ4v) is 2.10. The van der Waals surface area contributed by atoms with Crippen molar-refractivity contribution in [2.75, 3.05) is 6.61 Å². The quantitative estimate of drug-likeness (QED) is 0.672. The molecule has 0 amide bonds. The van der Waals surface area contributed by atoms with Crippen molar-refractivity contribution in [3.8, 4) is 0 Å². The van der Waals surface area contributed by atoms with E-state index in [-0.39, 0.29) is 19.6 Å². The zero-order chi connectivity index (χ0) is 14.0. The van der Waals surface area contributed by atoms with Crippen LogP contribution in [0, 0.1) is 0 Å². The predicted octanol–water partition coefficient (Wildman–Crippen LogP) is -1.16.